The van der Waals surface area contributed by atoms with Crippen LogP contribution in [0, 0.1) is 12.8 Å². The van der Waals surface area contributed by atoms with Gasteiger partial charge in [0.25, 0.3) is 0 Å². The third-order valence-electron chi connectivity index (χ3n) is 5.55. The first-order chi connectivity index (χ1) is 13.2. The van der Waals surface area contributed by atoms with Crippen LogP contribution in [-0.4, -0.2) is 17.6 Å². The molecule has 0 spiro atoms. The standard InChI is InChI=1S/C22H27NO4/c1-16-6-9-19(27-16)14-23(22(24)11-8-17-4-2-3-5-17)13-18-7-10-20-21(12-18)26-15-25-20/h6-7,9-10,12,17H,2-5,8,11,13-15H2,1H3. The van der Waals surface area contributed by atoms with Gasteiger partial charge in [-0.15, -0.1) is 0 Å². The van der Waals surface area contributed by atoms with Gasteiger partial charge >= 0.3 is 0 Å². The number of fused-ring (bicyclic) bond motifs is 1. The fourth-order valence-electron chi connectivity index (χ4n) is 4.03. The molecule has 1 aromatic heterocycles. The molecule has 5 heteroatoms. The molecule has 27 heavy (non-hydrogen) atoms. The maximum Gasteiger partial charge on any atom is 0.231 e. The Kier molecular flexibility index (Phi) is 5.37. The third kappa shape index (κ3) is 4.46. The summed E-state index contributed by atoms with van der Waals surface area (Å²) in [5, 5.41) is 0. The second-order valence-electron chi connectivity index (χ2n) is 7.64. The van der Waals surface area contributed by atoms with Crippen LogP contribution in [0.1, 0.15) is 55.6 Å². The minimum atomic E-state index is 0.189. The maximum atomic E-state index is 13.0. The number of hydrogen-bond acceptors (Lipinski definition) is 4. The van der Waals surface area contributed by atoms with Gasteiger partial charge in [0.05, 0.1) is 6.54 Å². The van der Waals surface area contributed by atoms with E-state index < -0.39 is 0 Å². The number of nitrogens with zero attached hydrogens (tertiary/aromatic N) is 1. The van der Waals surface area contributed by atoms with E-state index in [-0.39, 0.29) is 12.7 Å². The Bertz CT molecular complexity index is 791. The van der Waals surface area contributed by atoms with Crippen molar-refractivity contribution in [3.8, 4) is 11.5 Å². The lowest BCUT2D eigenvalue weighted by atomic mass is 10.0. The molecular formula is C22H27NO4. The Morgan fingerprint density at radius 3 is 2.67 bits per heavy atom. The Morgan fingerprint density at radius 2 is 1.89 bits per heavy atom. The summed E-state index contributed by atoms with van der Waals surface area (Å²) < 4.78 is 16.6. The first-order valence-electron chi connectivity index (χ1n) is 9.89. The molecule has 0 atom stereocenters. The first-order valence-corrected chi connectivity index (χ1v) is 9.89. The highest BCUT2D eigenvalue weighted by molar-refractivity contribution is 5.76. The van der Waals surface area contributed by atoms with Crippen LogP contribution in [0.15, 0.2) is 34.7 Å². The van der Waals surface area contributed by atoms with Crippen LogP contribution in [-0.2, 0) is 17.9 Å². The lowest BCUT2D eigenvalue weighted by Gasteiger charge is -2.23. The van der Waals surface area contributed by atoms with Gasteiger partial charge in [0.15, 0.2) is 11.5 Å². The van der Waals surface area contributed by atoms with E-state index in [1.54, 1.807) is 0 Å². The largest absolute Gasteiger partial charge is 0.464 e. The van der Waals surface area contributed by atoms with E-state index in [1.165, 1.54) is 25.7 Å². The summed E-state index contributed by atoms with van der Waals surface area (Å²) in [6.45, 7) is 3.22. The number of hydrogen-bond donors (Lipinski definition) is 0. The first kappa shape index (κ1) is 18.0. The summed E-state index contributed by atoms with van der Waals surface area (Å²) >= 11 is 0. The summed E-state index contributed by atoms with van der Waals surface area (Å²) in [5.74, 6) is 4.11. The molecule has 1 saturated carbocycles. The third-order valence-corrected chi connectivity index (χ3v) is 5.55. The van der Waals surface area contributed by atoms with Gasteiger partial charge < -0.3 is 18.8 Å². The van der Waals surface area contributed by atoms with Crippen molar-refractivity contribution in [1.29, 1.82) is 0 Å². The molecule has 0 bridgehead atoms. The van der Waals surface area contributed by atoms with Gasteiger partial charge in [-0.25, -0.2) is 0 Å². The zero-order chi connectivity index (χ0) is 18.6. The monoisotopic (exact) mass is 369 g/mol. The number of amides is 1. The van der Waals surface area contributed by atoms with Crippen molar-refractivity contribution in [1.82, 2.24) is 4.90 Å². The number of ether oxygens (including phenoxy) is 2. The van der Waals surface area contributed by atoms with Gasteiger partial charge in [0, 0.05) is 13.0 Å². The average molecular weight is 369 g/mol. The molecule has 144 valence electrons. The van der Waals surface area contributed by atoms with Gasteiger partial charge in [-0.1, -0.05) is 31.7 Å². The predicted octanol–water partition coefficient (Wildman–Crippen LogP) is 4.82. The SMILES string of the molecule is Cc1ccc(CN(Cc2ccc3c(c2)OCO3)C(=O)CCC2CCCC2)o1. The van der Waals surface area contributed by atoms with Crippen LogP contribution in [0.2, 0.25) is 0 Å². The summed E-state index contributed by atoms with van der Waals surface area (Å²) in [4.78, 5) is 14.9. The zero-order valence-corrected chi connectivity index (χ0v) is 15.9. The van der Waals surface area contributed by atoms with Crippen molar-refractivity contribution in [2.75, 3.05) is 6.79 Å². The number of carbonyl (C=O) groups excluding carboxylic acids is 1. The van der Waals surface area contributed by atoms with Crippen LogP contribution in [0.5, 0.6) is 11.5 Å². The van der Waals surface area contributed by atoms with E-state index in [0.29, 0.717) is 25.4 Å². The minimum Gasteiger partial charge on any atom is -0.464 e. The highest BCUT2D eigenvalue weighted by Gasteiger charge is 2.21. The smallest absolute Gasteiger partial charge is 0.231 e. The van der Waals surface area contributed by atoms with E-state index in [1.807, 2.05) is 42.2 Å². The molecule has 1 amide bonds. The van der Waals surface area contributed by atoms with Crippen molar-refractivity contribution in [2.45, 2.75) is 58.5 Å². The second kappa shape index (κ2) is 8.07. The van der Waals surface area contributed by atoms with E-state index in [9.17, 15) is 4.79 Å². The molecule has 2 heterocycles. The Hall–Kier alpha value is -2.43. The van der Waals surface area contributed by atoms with Crippen molar-refractivity contribution < 1.29 is 18.7 Å². The Labute approximate surface area is 160 Å². The Morgan fingerprint density at radius 1 is 1.07 bits per heavy atom. The molecule has 0 unspecified atom stereocenters. The highest BCUT2D eigenvalue weighted by Crippen LogP contribution is 2.33. The molecule has 2 aliphatic rings. The zero-order valence-electron chi connectivity index (χ0n) is 15.9. The Balaban J connectivity index is 1.45. The minimum absolute atomic E-state index is 0.189. The van der Waals surface area contributed by atoms with Crippen LogP contribution in [0.3, 0.4) is 0 Å². The molecular weight excluding hydrogens is 342 g/mol. The highest BCUT2D eigenvalue weighted by atomic mass is 16.7. The van der Waals surface area contributed by atoms with Gasteiger partial charge in [-0.3, -0.25) is 4.79 Å². The van der Waals surface area contributed by atoms with Crippen molar-refractivity contribution in [2.24, 2.45) is 5.92 Å². The van der Waals surface area contributed by atoms with Gasteiger partial charge in [0.2, 0.25) is 12.7 Å². The molecule has 1 aromatic carbocycles. The van der Waals surface area contributed by atoms with Crippen molar-refractivity contribution >= 4 is 5.91 Å². The molecule has 4 rings (SSSR count). The van der Waals surface area contributed by atoms with Crippen LogP contribution >= 0.6 is 0 Å². The average Bonchev–Trinajstić information content (AvgIpc) is 3.41. The lowest BCUT2D eigenvalue weighted by molar-refractivity contribution is -0.133. The van der Waals surface area contributed by atoms with E-state index in [2.05, 4.69) is 0 Å². The number of carbonyl (C=O) groups is 1. The number of benzene rings is 1. The van der Waals surface area contributed by atoms with Gasteiger partial charge in [-0.2, -0.15) is 0 Å². The molecule has 2 aromatic rings. The molecule has 0 saturated heterocycles. The lowest BCUT2D eigenvalue weighted by Crippen LogP contribution is -2.30. The number of rotatable bonds is 7. The molecule has 1 aliphatic carbocycles. The summed E-state index contributed by atoms with van der Waals surface area (Å²) in [7, 11) is 0. The number of furan rings is 1. The molecule has 1 fully saturated rings. The normalized spacial score (nSPS) is 16.0. The van der Waals surface area contributed by atoms with E-state index >= 15 is 0 Å². The molecule has 1 aliphatic heterocycles. The van der Waals surface area contributed by atoms with Crippen molar-refractivity contribution in [3.05, 3.63) is 47.4 Å². The topological polar surface area (TPSA) is 51.9 Å². The summed E-state index contributed by atoms with van der Waals surface area (Å²) in [5.41, 5.74) is 1.04. The quantitative estimate of drug-likeness (QED) is 0.702. The van der Waals surface area contributed by atoms with Crippen LogP contribution in [0.4, 0.5) is 0 Å². The van der Waals surface area contributed by atoms with E-state index in [0.717, 1.165) is 35.0 Å². The van der Waals surface area contributed by atoms with Crippen LogP contribution in [0.25, 0.3) is 0 Å². The molecule has 5 nitrogen and oxygen atoms in total. The maximum absolute atomic E-state index is 13.0. The fourth-order valence-corrected chi connectivity index (χ4v) is 4.03. The fraction of sp³-hybridized carbons (Fsp3) is 0.500. The molecule has 0 radical (unpaired) electrons. The number of aryl methyl sites for hydroxylation is 1. The van der Waals surface area contributed by atoms with Crippen LogP contribution < -0.4 is 9.47 Å². The predicted molar refractivity (Wildman–Crippen MR) is 101 cm³/mol. The van der Waals surface area contributed by atoms with Gasteiger partial charge in [0.1, 0.15) is 11.5 Å². The van der Waals surface area contributed by atoms with E-state index in [4.69, 9.17) is 13.9 Å². The van der Waals surface area contributed by atoms with Crippen molar-refractivity contribution in [3.63, 3.8) is 0 Å². The summed E-state index contributed by atoms with van der Waals surface area (Å²) in [6.07, 6.45) is 6.76. The second-order valence-corrected chi connectivity index (χ2v) is 7.64. The molecule has 0 N–H and O–H groups in total. The summed E-state index contributed by atoms with van der Waals surface area (Å²) in [6, 6.07) is 9.77. The van der Waals surface area contributed by atoms with Gasteiger partial charge in [-0.05, 0) is 49.1 Å².